The number of thiocarbonyl (C=S) groups is 1. The van der Waals surface area contributed by atoms with Gasteiger partial charge in [-0.05, 0) is 57.0 Å². The fourth-order valence-corrected chi connectivity index (χ4v) is 9.50. The molecule has 3 aliphatic rings. The Morgan fingerprint density at radius 1 is 0.816 bits per heavy atom. The lowest BCUT2D eigenvalue weighted by Crippen LogP contribution is -2.62. The number of fused-ring (bicyclic) bond motifs is 2. The summed E-state index contributed by atoms with van der Waals surface area (Å²) >= 11 is 8.34. The summed E-state index contributed by atoms with van der Waals surface area (Å²) in [5.74, 6) is -2.91. The minimum Gasteiger partial charge on any atom is -0.465 e. The van der Waals surface area contributed by atoms with Crippen LogP contribution in [-0.2, 0) is 30.3 Å². The zero-order valence-electron chi connectivity index (χ0n) is 27.6. The van der Waals surface area contributed by atoms with E-state index < -0.39 is 41.2 Å². The van der Waals surface area contributed by atoms with Crippen molar-refractivity contribution < 1.29 is 33.4 Å². The Morgan fingerprint density at radius 3 is 1.88 bits per heavy atom. The fraction of sp³-hybridized carbons (Fsp3) is 0.243. The van der Waals surface area contributed by atoms with Crippen LogP contribution in [0.3, 0.4) is 0 Å². The largest absolute Gasteiger partial charge is 0.465 e. The van der Waals surface area contributed by atoms with E-state index in [4.69, 9.17) is 21.7 Å². The summed E-state index contributed by atoms with van der Waals surface area (Å²) in [5.41, 5.74) is 3.53. The van der Waals surface area contributed by atoms with Crippen LogP contribution < -0.4 is 4.90 Å². The maximum atomic E-state index is 15.2. The molecule has 0 saturated carbocycles. The molecule has 3 heterocycles. The molecule has 0 spiro atoms. The molecule has 0 saturated heterocycles. The van der Waals surface area contributed by atoms with Gasteiger partial charge in [-0.2, -0.15) is 0 Å². The highest BCUT2D eigenvalue weighted by molar-refractivity contribution is 8.29. The van der Waals surface area contributed by atoms with E-state index in [1.807, 2.05) is 70.2 Å². The number of nitrogens with zero attached hydrogens (tertiary/aromatic N) is 2. The Hall–Kier alpha value is -4.52. The first-order chi connectivity index (χ1) is 23.3. The molecule has 3 aliphatic heterocycles. The fourth-order valence-electron chi connectivity index (χ4n) is 6.47. The van der Waals surface area contributed by atoms with E-state index in [1.165, 1.54) is 14.2 Å². The van der Waals surface area contributed by atoms with Gasteiger partial charge in [0.1, 0.15) is 15.9 Å². The summed E-state index contributed by atoms with van der Waals surface area (Å²) in [7, 11) is 2.47. The first kappa shape index (κ1) is 34.3. The second-order valence-electron chi connectivity index (χ2n) is 12.3. The molecule has 6 rings (SSSR count). The third-order valence-electron chi connectivity index (χ3n) is 8.74. The Balaban J connectivity index is 1.53. The predicted octanol–water partition coefficient (Wildman–Crippen LogP) is 6.41. The van der Waals surface area contributed by atoms with Gasteiger partial charge in [0.15, 0.2) is 0 Å². The van der Waals surface area contributed by atoms with Crippen molar-refractivity contribution >= 4 is 81.5 Å². The quantitative estimate of drug-likeness (QED) is 0.123. The molecule has 250 valence electrons. The van der Waals surface area contributed by atoms with Crippen molar-refractivity contribution in [2.75, 3.05) is 19.1 Å². The summed E-state index contributed by atoms with van der Waals surface area (Å²) in [6.07, 6.45) is 0.0826. The zero-order chi connectivity index (χ0) is 35.4. The predicted molar refractivity (Wildman–Crippen MR) is 194 cm³/mol. The summed E-state index contributed by atoms with van der Waals surface area (Å²) in [4.78, 5) is 71.8. The van der Waals surface area contributed by atoms with Crippen molar-refractivity contribution in [1.82, 2.24) is 4.90 Å². The Labute approximate surface area is 297 Å². The highest BCUT2D eigenvalue weighted by Crippen LogP contribution is 2.56. The first-order valence-electron chi connectivity index (χ1n) is 15.3. The molecular weight excluding hydrogens is 681 g/mol. The second-order valence-corrected chi connectivity index (χ2v) is 15.0. The van der Waals surface area contributed by atoms with Gasteiger partial charge >= 0.3 is 11.9 Å². The van der Waals surface area contributed by atoms with E-state index in [0.717, 1.165) is 45.1 Å². The van der Waals surface area contributed by atoms with Gasteiger partial charge in [-0.25, -0.2) is 9.59 Å². The van der Waals surface area contributed by atoms with Crippen LogP contribution in [0.4, 0.5) is 5.69 Å². The average Bonchev–Trinajstić information content (AvgIpc) is 3.63. The van der Waals surface area contributed by atoms with Crippen molar-refractivity contribution in [2.45, 2.75) is 45.7 Å². The Kier molecular flexibility index (Phi) is 9.16. The van der Waals surface area contributed by atoms with Crippen molar-refractivity contribution in [3.8, 4) is 0 Å². The van der Waals surface area contributed by atoms with Crippen LogP contribution in [-0.4, -0.2) is 65.2 Å². The van der Waals surface area contributed by atoms with Crippen LogP contribution in [0.5, 0.6) is 0 Å². The van der Waals surface area contributed by atoms with Crippen LogP contribution in [0.1, 0.15) is 56.8 Å². The maximum absolute atomic E-state index is 15.2. The molecule has 49 heavy (non-hydrogen) atoms. The molecule has 0 fully saturated rings. The van der Waals surface area contributed by atoms with Gasteiger partial charge in [0.2, 0.25) is 0 Å². The van der Waals surface area contributed by atoms with Gasteiger partial charge in [0, 0.05) is 17.6 Å². The lowest BCUT2D eigenvalue weighted by atomic mass is 9.80. The van der Waals surface area contributed by atoms with E-state index in [1.54, 1.807) is 29.2 Å². The number of amides is 3. The van der Waals surface area contributed by atoms with Crippen molar-refractivity contribution in [3.63, 3.8) is 0 Å². The number of rotatable bonds is 6. The number of carbonyl (C=O) groups excluding carboxylic acids is 5. The molecule has 0 aromatic heterocycles. The molecule has 12 heteroatoms. The number of carbonyl (C=O) groups is 5. The molecule has 0 unspecified atom stereocenters. The van der Waals surface area contributed by atoms with Gasteiger partial charge in [0.25, 0.3) is 17.7 Å². The molecule has 0 radical (unpaired) electrons. The third kappa shape index (κ3) is 5.71. The number of hydrogen-bond donors (Lipinski definition) is 0. The highest BCUT2D eigenvalue weighted by Gasteiger charge is 2.51. The van der Waals surface area contributed by atoms with Gasteiger partial charge in [-0.15, -0.1) is 0 Å². The number of benzene rings is 3. The minimum atomic E-state index is -1.20. The lowest BCUT2D eigenvalue weighted by Gasteiger charge is -2.47. The molecule has 1 atom stereocenters. The Bertz CT molecular complexity index is 1990. The molecular formula is C37H32N2O7S3. The van der Waals surface area contributed by atoms with Gasteiger partial charge in [-0.1, -0.05) is 89.8 Å². The summed E-state index contributed by atoms with van der Waals surface area (Å²) in [5, 5.41) is 0. The Morgan fingerprint density at radius 2 is 1.35 bits per heavy atom. The molecule has 3 amide bonds. The normalized spacial score (nSPS) is 17.3. The number of esters is 2. The number of ether oxygens (including phenoxy) is 2. The summed E-state index contributed by atoms with van der Waals surface area (Å²) in [6.45, 7) is 7.45. The number of methoxy groups -OCH3 is 2. The van der Waals surface area contributed by atoms with E-state index >= 15 is 4.79 Å². The second kappa shape index (κ2) is 13.1. The van der Waals surface area contributed by atoms with Crippen molar-refractivity contribution in [2.24, 2.45) is 0 Å². The minimum absolute atomic E-state index is 0.0826. The van der Waals surface area contributed by atoms with E-state index in [9.17, 15) is 19.2 Å². The standard InChI is InChI=1S/C37H32N2O7S3/c1-19-16-20(2)27-24(17-19)26(36-48-28(34(43)45-5)29(49-36)35(44)46-6)30(47)37(3,4)39(27)33(42)25(18-21-12-8-7-9-13-21)38-31(40)22-14-10-11-15-23(22)32(38)41/h7-17,25H,18H2,1-6H3/t25-/m1/s1. The highest BCUT2D eigenvalue weighted by atomic mass is 32.2. The number of hydrogen-bond acceptors (Lipinski definition) is 10. The van der Waals surface area contributed by atoms with E-state index in [-0.39, 0.29) is 27.4 Å². The van der Waals surface area contributed by atoms with Crippen LogP contribution in [0.2, 0.25) is 0 Å². The maximum Gasteiger partial charge on any atom is 0.346 e. The SMILES string of the molecule is COC(=O)C1=C(C(=O)OC)SC(=C2C(=S)C(C)(C)N(C(=O)[C@@H](Cc3ccccc3)N3C(=O)c4ccccc4C3=O)c3c(C)cc(C)cc32)S1. The van der Waals surface area contributed by atoms with Gasteiger partial charge in [0.05, 0.1) is 45.7 Å². The van der Waals surface area contributed by atoms with Crippen LogP contribution in [0.25, 0.3) is 5.57 Å². The number of thioether (sulfide) groups is 2. The van der Waals surface area contributed by atoms with Crippen LogP contribution >= 0.6 is 35.7 Å². The van der Waals surface area contributed by atoms with Crippen molar-refractivity contribution in [1.29, 1.82) is 0 Å². The monoisotopic (exact) mass is 712 g/mol. The smallest absolute Gasteiger partial charge is 0.346 e. The van der Waals surface area contributed by atoms with E-state index in [2.05, 4.69) is 0 Å². The molecule has 3 aromatic rings. The number of anilines is 1. The first-order valence-corrected chi connectivity index (χ1v) is 17.4. The molecule has 0 N–H and O–H groups in total. The van der Waals surface area contributed by atoms with Crippen LogP contribution in [0, 0.1) is 13.8 Å². The summed E-state index contributed by atoms with van der Waals surface area (Å²) in [6, 6.07) is 18.5. The average molecular weight is 713 g/mol. The van der Waals surface area contributed by atoms with E-state index in [0.29, 0.717) is 25.9 Å². The zero-order valence-corrected chi connectivity index (χ0v) is 30.1. The van der Waals surface area contributed by atoms with Gasteiger partial charge < -0.3 is 9.47 Å². The third-order valence-corrected chi connectivity index (χ3v) is 12.0. The van der Waals surface area contributed by atoms with Crippen molar-refractivity contribution in [3.05, 3.63) is 114 Å². The molecule has 0 aliphatic carbocycles. The molecule has 3 aromatic carbocycles. The summed E-state index contributed by atoms with van der Waals surface area (Å²) < 4.78 is 10.5. The van der Waals surface area contributed by atoms with Crippen LogP contribution in [0.15, 0.2) is 80.8 Å². The topological polar surface area (TPSA) is 110 Å². The molecule has 0 bridgehead atoms. The number of aryl methyl sites for hydroxylation is 2. The molecule has 9 nitrogen and oxygen atoms in total. The van der Waals surface area contributed by atoms with Gasteiger partial charge in [-0.3, -0.25) is 24.2 Å². The number of imide groups is 1. The lowest BCUT2D eigenvalue weighted by molar-refractivity contribution is -0.138.